The molecular weight excluding hydrogens is 222 g/mol. The predicted octanol–water partition coefficient (Wildman–Crippen LogP) is 0.823. The number of esters is 1. The maximum Gasteiger partial charge on any atom is 0.305 e. The summed E-state index contributed by atoms with van der Waals surface area (Å²) in [5, 5.41) is 0. The second-order valence-corrected chi connectivity index (χ2v) is 4.52. The van der Waals surface area contributed by atoms with Crippen LogP contribution < -0.4 is 0 Å². The molecule has 2 unspecified atom stereocenters. The van der Waals surface area contributed by atoms with Gasteiger partial charge in [-0.25, -0.2) is 0 Å². The normalized spacial score (nSPS) is 23.5. The number of hydrogen-bond donors (Lipinski definition) is 0. The molecule has 0 aromatic carbocycles. The first-order chi connectivity index (χ1) is 8.04. The molecule has 0 N–H and O–H groups in total. The smallest absolute Gasteiger partial charge is 0.305 e. The fourth-order valence-electron chi connectivity index (χ4n) is 1.97. The zero-order chi connectivity index (χ0) is 12.8. The minimum atomic E-state index is -0.233. The van der Waals surface area contributed by atoms with Crippen LogP contribution in [0, 0.1) is 5.92 Å². The van der Waals surface area contributed by atoms with E-state index in [0.717, 1.165) is 6.42 Å². The van der Waals surface area contributed by atoms with Crippen LogP contribution in [-0.2, 0) is 19.1 Å². The summed E-state index contributed by atoms with van der Waals surface area (Å²) in [4.78, 5) is 24.6. The first-order valence-corrected chi connectivity index (χ1v) is 5.98. The largest absolute Gasteiger partial charge is 0.469 e. The van der Waals surface area contributed by atoms with Gasteiger partial charge < -0.3 is 14.4 Å². The molecule has 1 fully saturated rings. The van der Waals surface area contributed by atoms with Gasteiger partial charge in [0.15, 0.2) is 0 Å². The summed E-state index contributed by atoms with van der Waals surface area (Å²) in [6, 6.07) is 0. The molecule has 0 radical (unpaired) electrons. The van der Waals surface area contributed by atoms with Crippen LogP contribution in [0.5, 0.6) is 0 Å². The van der Waals surface area contributed by atoms with Gasteiger partial charge in [-0.05, 0) is 19.8 Å². The van der Waals surface area contributed by atoms with E-state index in [1.807, 2.05) is 6.92 Å². The predicted molar refractivity (Wildman–Crippen MR) is 62.4 cm³/mol. The summed E-state index contributed by atoms with van der Waals surface area (Å²) in [6.45, 7) is 3.07. The Morgan fingerprint density at radius 2 is 2.18 bits per heavy atom. The van der Waals surface area contributed by atoms with E-state index in [9.17, 15) is 9.59 Å². The third kappa shape index (κ3) is 4.34. The van der Waals surface area contributed by atoms with Gasteiger partial charge in [-0.3, -0.25) is 9.59 Å². The van der Waals surface area contributed by atoms with Crippen molar-refractivity contribution in [3.63, 3.8) is 0 Å². The zero-order valence-corrected chi connectivity index (χ0v) is 10.8. The summed E-state index contributed by atoms with van der Waals surface area (Å²) >= 11 is 0. The topological polar surface area (TPSA) is 55.8 Å². The Labute approximate surface area is 102 Å². The standard InChI is InChI=1S/C12H21NO4/c1-9-7-10(8-17-9)12(15)13(2)6-4-5-11(14)16-3/h9-10H,4-8H2,1-3H3. The van der Waals surface area contributed by atoms with Crippen LogP contribution in [0.15, 0.2) is 0 Å². The lowest BCUT2D eigenvalue weighted by atomic mass is 10.0. The van der Waals surface area contributed by atoms with Crippen LogP contribution in [0.1, 0.15) is 26.2 Å². The van der Waals surface area contributed by atoms with E-state index in [1.54, 1.807) is 11.9 Å². The highest BCUT2D eigenvalue weighted by atomic mass is 16.5. The number of hydrogen-bond acceptors (Lipinski definition) is 4. The molecule has 0 saturated carbocycles. The molecule has 0 aliphatic carbocycles. The van der Waals surface area contributed by atoms with Gasteiger partial charge in [-0.2, -0.15) is 0 Å². The first kappa shape index (κ1) is 14.0. The average molecular weight is 243 g/mol. The molecule has 0 spiro atoms. The van der Waals surface area contributed by atoms with Crippen LogP contribution in [0.4, 0.5) is 0 Å². The summed E-state index contributed by atoms with van der Waals surface area (Å²) in [7, 11) is 3.14. The van der Waals surface area contributed by atoms with Crippen molar-refractivity contribution in [2.75, 3.05) is 27.3 Å². The number of rotatable bonds is 5. The molecule has 1 saturated heterocycles. The number of nitrogens with zero attached hydrogens (tertiary/aromatic N) is 1. The van der Waals surface area contributed by atoms with E-state index in [1.165, 1.54) is 7.11 Å². The quantitative estimate of drug-likeness (QED) is 0.671. The zero-order valence-electron chi connectivity index (χ0n) is 10.8. The monoisotopic (exact) mass is 243 g/mol. The summed E-state index contributed by atoms with van der Waals surface area (Å²) in [5.74, 6) is -0.143. The van der Waals surface area contributed by atoms with Gasteiger partial charge >= 0.3 is 5.97 Å². The van der Waals surface area contributed by atoms with E-state index in [4.69, 9.17) is 4.74 Å². The Bertz CT molecular complexity index is 280. The van der Waals surface area contributed by atoms with Gasteiger partial charge in [0.2, 0.25) is 5.91 Å². The van der Waals surface area contributed by atoms with Crippen molar-refractivity contribution in [3.8, 4) is 0 Å². The van der Waals surface area contributed by atoms with E-state index < -0.39 is 0 Å². The van der Waals surface area contributed by atoms with Crippen molar-refractivity contribution in [1.29, 1.82) is 0 Å². The van der Waals surface area contributed by atoms with Crippen molar-refractivity contribution >= 4 is 11.9 Å². The van der Waals surface area contributed by atoms with Gasteiger partial charge in [-0.1, -0.05) is 0 Å². The second kappa shape index (κ2) is 6.59. The molecule has 17 heavy (non-hydrogen) atoms. The lowest BCUT2D eigenvalue weighted by Crippen LogP contribution is -2.34. The third-order valence-corrected chi connectivity index (χ3v) is 3.03. The highest BCUT2D eigenvalue weighted by molar-refractivity contribution is 5.79. The van der Waals surface area contributed by atoms with Gasteiger partial charge in [0.1, 0.15) is 0 Å². The lowest BCUT2D eigenvalue weighted by Gasteiger charge is -2.20. The Hall–Kier alpha value is -1.10. The average Bonchev–Trinajstić information content (AvgIpc) is 2.74. The highest BCUT2D eigenvalue weighted by Gasteiger charge is 2.30. The number of methoxy groups -OCH3 is 1. The van der Waals surface area contributed by atoms with Gasteiger partial charge in [-0.15, -0.1) is 0 Å². The Kier molecular flexibility index (Phi) is 5.41. The van der Waals surface area contributed by atoms with Crippen LogP contribution >= 0.6 is 0 Å². The van der Waals surface area contributed by atoms with Crippen molar-refractivity contribution < 1.29 is 19.1 Å². The molecule has 2 atom stereocenters. The maximum absolute atomic E-state index is 12.0. The summed E-state index contributed by atoms with van der Waals surface area (Å²) in [6.07, 6.45) is 1.96. The summed E-state index contributed by atoms with van der Waals surface area (Å²) < 4.78 is 9.92. The fraction of sp³-hybridized carbons (Fsp3) is 0.833. The van der Waals surface area contributed by atoms with Gasteiger partial charge in [0, 0.05) is 20.0 Å². The Morgan fingerprint density at radius 1 is 1.47 bits per heavy atom. The molecule has 1 amide bonds. The number of carbonyl (C=O) groups is 2. The van der Waals surface area contributed by atoms with Crippen molar-refractivity contribution in [1.82, 2.24) is 4.90 Å². The van der Waals surface area contributed by atoms with Crippen LogP contribution in [-0.4, -0.2) is 50.2 Å². The molecule has 98 valence electrons. The molecule has 1 aliphatic heterocycles. The third-order valence-electron chi connectivity index (χ3n) is 3.03. The van der Waals surface area contributed by atoms with Crippen LogP contribution in [0.25, 0.3) is 0 Å². The maximum atomic E-state index is 12.0. The van der Waals surface area contributed by atoms with Crippen molar-refractivity contribution in [3.05, 3.63) is 0 Å². The van der Waals surface area contributed by atoms with E-state index >= 15 is 0 Å². The minimum absolute atomic E-state index is 0.0203. The molecule has 5 heteroatoms. The summed E-state index contributed by atoms with van der Waals surface area (Å²) in [5.41, 5.74) is 0. The second-order valence-electron chi connectivity index (χ2n) is 4.52. The molecule has 0 bridgehead atoms. The lowest BCUT2D eigenvalue weighted by molar-refractivity contribution is -0.141. The SMILES string of the molecule is COC(=O)CCCN(C)C(=O)C1COC(C)C1. The minimum Gasteiger partial charge on any atom is -0.469 e. The van der Waals surface area contributed by atoms with E-state index in [-0.39, 0.29) is 23.9 Å². The van der Waals surface area contributed by atoms with E-state index in [0.29, 0.717) is 26.0 Å². The molecule has 0 aromatic heterocycles. The van der Waals surface area contributed by atoms with Crippen LogP contribution in [0.2, 0.25) is 0 Å². The molecular formula is C12H21NO4. The molecule has 1 heterocycles. The van der Waals surface area contributed by atoms with Gasteiger partial charge in [0.05, 0.1) is 25.7 Å². The van der Waals surface area contributed by atoms with Crippen molar-refractivity contribution in [2.45, 2.75) is 32.3 Å². The molecule has 1 aliphatic rings. The van der Waals surface area contributed by atoms with E-state index in [2.05, 4.69) is 4.74 Å². The number of amides is 1. The Balaban J connectivity index is 2.25. The van der Waals surface area contributed by atoms with Gasteiger partial charge in [0.25, 0.3) is 0 Å². The van der Waals surface area contributed by atoms with Crippen LogP contribution in [0.3, 0.4) is 0 Å². The highest BCUT2D eigenvalue weighted by Crippen LogP contribution is 2.20. The Morgan fingerprint density at radius 3 is 2.71 bits per heavy atom. The number of ether oxygens (including phenoxy) is 2. The molecule has 5 nitrogen and oxygen atoms in total. The molecule has 0 aromatic rings. The fourth-order valence-corrected chi connectivity index (χ4v) is 1.97. The van der Waals surface area contributed by atoms with Crippen molar-refractivity contribution in [2.24, 2.45) is 5.92 Å². The number of carbonyl (C=O) groups excluding carboxylic acids is 2. The first-order valence-electron chi connectivity index (χ1n) is 5.98. The molecule has 1 rings (SSSR count).